The molecule has 3 aromatic carbocycles. The molecule has 0 spiro atoms. The molecule has 2 saturated heterocycles. The van der Waals surface area contributed by atoms with E-state index in [9.17, 15) is 16.8 Å². The molecule has 7 aromatic rings. The Morgan fingerprint density at radius 2 is 1.14 bits per heavy atom. The van der Waals surface area contributed by atoms with Crippen LogP contribution in [0.15, 0.2) is 98.2 Å². The number of rotatable bonds is 13. The van der Waals surface area contributed by atoms with Crippen LogP contribution in [0.3, 0.4) is 0 Å². The minimum Gasteiger partial charge on any atom is -0.339 e. The quantitative estimate of drug-likeness (QED) is 0.116. The fraction of sp³-hybridized carbons (Fsp3) is 0.385. The highest BCUT2D eigenvalue weighted by atomic mass is 32.2. The second-order valence-electron chi connectivity index (χ2n) is 14.4. The Morgan fingerprint density at radius 1 is 0.644 bits per heavy atom. The SMILES string of the molecule is NCCc1nc(C2CCCCN2S(=O)(=O)c2nc3ccccc3[nH]2)no1.O=S(=O)(c1nc2ccccc2[nH]1)N1CCCCC1c1noc(CCNCc2ccccc2)n1. The number of piperidine rings is 2. The molecule has 20 heteroatoms. The van der Waals surface area contributed by atoms with E-state index in [1.165, 1.54) is 14.2 Å². The van der Waals surface area contributed by atoms with Crippen LogP contribution in [0.4, 0.5) is 0 Å². The maximum atomic E-state index is 13.4. The molecule has 18 nitrogen and oxygen atoms in total. The topological polar surface area (TPSA) is 248 Å². The Balaban J connectivity index is 0.000000169. The zero-order valence-corrected chi connectivity index (χ0v) is 33.9. The predicted octanol–water partition coefficient (Wildman–Crippen LogP) is 4.56. The zero-order valence-electron chi connectivity index (χ0n) is 32.3. The minimum atomic E-state index is -3.83. The van der Waals surface area contributed by atoms with Gasteiger partial charge in [0.15, 0.2) is 11.6 Å². The Morgan fingerprint density at radius 3 is 1.64 bits per heavy atom. The average molecular weight is 843 g/mol. The molecule has 0 aliphatic carbocycles. The molecule has 0 bridgehead atoms. The number of fused-ring (bicyclic) bond motifs is 2. The van der Waals surface area contributed by atoms with Gasteiger partial charge in [0.1, 0.15) is 0 Å². The van der Waals surface area contributed by atoms with E-state index in [0.29, 0.717) is 97.4 Å². The van der Waals surface area contributed by atoms with Crippen molar-refractivity contribution in [3.8, 4) is 0 Å². The van der Waals surface area contributed by atoms with Gasteiger partial charge >= 0.3 is 0 Å². The van der Waals surface area contributed by atoms with Crippen molar-refractivity contribution in [2.75, 3.05) is 26.2 Å². The number of sulfonamides is 2. The molecular formula is C39H46N12O6S2. The van der Waals surface area contributed by atoms with E-state index in [-0.39, 0.29) is 10.3 Å². The Labute approximate surface area is 341 Å². The van der Waals surface area contributed by atoms with Crippen LogP contribution < -0.4 is 11.1 Å². The van der Waals surface area contributed by atoms with Crippen molar-refractivity contribution in [2.24, 2.45) is 5.73 Å². The summed E-state index contributed by atoms with van der Waals surface area (Å²) in [6, 6.07) is 23.7. The number of aromatic nitrogens is 8. The van der Waals surface area contributed by atoms with E-state index in [1.54, 1.807) is 18.2 Å². The first kappa shape index (κ1) is 40.4. The lowest BCUT2D eigenvalue weighted by Gasteiger charge is -2.31. The Kier molecular flexibility index (Phi) is 12.2. The lowest BCUT2D eigenvalue weighted by atomic mass is 10.0. The number of hydrogen-bond donors (Lipinski definition) is 4. The van der Waals surface area contributed by atoms with Gasteiger partial charge in [0, 0.05) is 45.6 Å². The van der Waals surface area contributed by atoms with Crippen molar-refractivity contribution < 1.29 is 25.9 Å². The normalized spacial score (nSPS) is 18.3. The second-order valence-corrected chi connectivity index (χ2v) is 18.0. The monoisotopic (exact) mass is 842 g/mol. The number of nitrogens with two attached hydrogens (primary N) is 1. The smallest absolute Gasteiger partial charge is 0.277 e. The summed E-state index contributed by atoms with van der Waals surface area (Å²) in [6.07, 6.45) is 5.69. The van der Waals surface area contributed by atoms with Crippen molar-refractivity contribution in [3.05, 3.63) is 108 Å². The first-order valence-electron chi connectivity index (χ1n) is 19.7. The van der Waals surface area contributed by atoms with Gasteiger partial charge in [-0.2, -0.15) is 18.6 Å². The molecule has 2 aliphatic heterocycles. The van der Waals surface area contributed by atoms with Crippen LogP contribution in [-0.4, -0.2) is 91.8 Å². The van der Waals surface area contributed by atoms with Crippen molar-refractivity contribution in [3.63, 3.8) is 0 Å². The van der Waals surface area contributed by atoms with E-state index >= 15 is 0 Å². The highest BCUT2D eigenvalue weighted by Gasteiger charge is 2.40. The number of benzene rings is 3. The van der Waals surface area contributed by atoms with Gasteiger partial charge in [-0.15, -0.1) is 0 Å². The van der Waals surface area contributed by atoms with Crippen molar-refractivity contribution in [2.45, 2.75) is 80.3 Å². The van der Waals surface area contributed by atoms with Gasteiger partial charge < -0.3 is 30.1 Å². The van der Waals surface area contributed by atoms with Crippen LogP contribution in [0.25, 0.3) is 22.1 Å². The number of imidazole rings is 2. The first-order valence-corrected chi connectivity index (χ1v) is 22.6. The Hall–Kier alpha value is -5.38. The predicted molar refractivity (Wildman–Crippen MR) is 216 cm³/mol. The van der Waals surface area contributed by atoms with E-state index in [4.69, 9.17) is 14.8 Å². The van der Waals surface area contributed by atoms with Gasteiger partial charge in [-0.25, -0.2) is 26.8 Å². The molecular weight excluding hydrogens is 797 g/mol. The lowest BCUT2D eigenvalue weighted by Crippen LogP contribution is -2.39. The number of aromatic amines is 2. The van der Waals surface area contributed by atoms with Crippen LogP contribution in [0, 0.1) is 0 Å². The number of nitrogens with zero attached hydrogens (tertiary/aromatic N) is 8. The van der Waals surface area contributed by atoms with Crippen LogP contribution in [0.1, 0.15) is 79.6 Å². The van der Waals surface area contributed by atoms with E-state index in [0.717, 1.165) is 32.2 Å². The Bertz CT molecular complexity index is 2630. The van der Waals surface area contributed by atoms with Gasteiger partial charge in [-0.05, 0) is 55.5 Å². The number of hydrogen-bond acceptors (Lipinski definition) is 14. The minimum absolute atomic E-state index is 0.0515. The summed E-state index contributed by atoms with van der Waals surface area (Å²) in [7, 11) is -7.63. The maximum Gasteiger partial charge on any atom is 0.277 e. The van der Waals surface area contributed by atoms with Crippen LogP contribution in [-0.2, 0) is 39.4 Å². The molecule has 2 unspecified atom stereocenters. The summed E-state index contributed by atoms with van der Waals surface area (Å²) >= 11 is 0. The highest BCUT2D eigenvalue weighted by Crippen LogP contribution is 2.35. The number of H-pyrrole nitrogens is 2. The molecule has 5 N–H and O–H groups in total. The molecule has 0 radical (unpaired) electrons. The van der Waals surface area contributed by atoms with E-state index in [2.05, 4.69) is 57.7 Å². The van der Waals surface area contributed by atoms with Gasteiger partial charge in [-0.3, -0.25) is 0 Å². The molecule has 4 aromatic heterocycles. The second kappa shape index (κ2) is 17.9. The first-order chi connectivity index (χ1) is 28.7. The molecule has 2 atom stereocenters. The summed E-state index contributed by atoms with van der Waals surface area (Å²) < 4.78 is 66.8. The van der Waals surface area contributed by atoms with Crippen molar-refractivity contribution in [1.82, 2.24) is 54.1 Å². The van der Waals surface area contributed by atoms with Crippen LogP contribution >= 0.6 is 0 Å². The van der Waals surface area contributed by atoms with Gasteiger partial charge in [0.2, 0.25) is 22.1 Å². The molecule has 0 amide bonds. The standard InChI is InChI=1S/C23H26N6O3S.C16H20N6O3S/c30-33(31,23-25-18-10-4-5-11-19(18)26-23)29-15-7-6-12-20(29)22-27-21(32-28-22)13-14-24-16-17-8-2-1-3-9-17;17-9-8-14-20-15(21-25-14)13-7-3-4-10-22(13)26(23,24)16-18-11-5-1-2-6-12(11)19-16/h1-5,8-11,20,24H,6-7,12-16H2,(H,25,26);1-2,5-6,13H,3-4,7-10,17H2,(H,18,19). The molecule has 2 aliphatic rings. The summed E-state index contributed by atoms with van der Waals surface area (Å²) in [6.45, 7) is 2.63. The summed E-state index contributed by atoms with van der Waals surface area (Å²) in [5.41, 5.74) is 9.33. The number of para-hydroxylation sites is 4. The average Bonchev–Trinajstić information content (AvgIpc) is 4.10. The van der Waals surface area contributed by atoms with Gasteiger partial charge in [-0.1, -0.05) is 77.8 Å². The number of nitrogens with one attached hydrogen (secondary N) is 3. The zero-order chi connectivity index (χ0) is 40.8. The largest absolute Gasteiger partial charge is 0.339 e. The van der Waals surface area contributed by atoms with Gasteiger partial charge in [0.25, 0.3) is 20.0 Å². The third-order valence-electron chi connectivity index (χ3n) is 10.4. The van der Waals surface area contributed by atoms with Crippen molar-refractivity contribution >= 4 is 42.1 Å². The summed E-state index contributed by atoms with van der Waals surface area (Å²) in [5.74, 6) is 1.71. The van der Waals surface area contributed by atoms with Crippen molar-refractivity contribution in [1.29, 1.82) is 0 Å². The van der Waals surface area contributed by atoms with Crippen LogP contribution in [0.2, 0.25) is 0 Å². The van der Waals surface area contributed by atoms with E-state index in [1.807, 2.05) is 48.5 Å². The fourth-order valence-electron chi connectivity index (χ4n) is 7.38. The molecule has 310 valence electrons. The van der Waals surface area contributed by atoms with E-state index < -0.39 is 32.1 Å². The third kappa shape index (κ3) is 8.97. The summed E-state index contributed by atoms with van der Waals surface area (Å²) in [5, 5.41) is 11.4. The molecule has 2 fully saturated rings. The maximum absolute atomic E-state index is 13.4. The molecule has 0 saturated carbocycles. The van der Waals surface area contributed by atoms with Crippen LogP contribution in [0.5, 0.6) is 0 Å². The third-order valence-corrected chi connectivity index (χ3v) is 13.8. The lowest BCUT2D eigenvalue weighted by molar-refractivity contribution is 0.238. The molecule has 59 heavy (non-hydrogen) atoms. The molecule has 6 heterocycles. The fourth-order valence-corrected chi connectivity index (χ4v) is 10.5. The summed E-state index contributed by atoms with van der Waals surface area (Å²) in [4.78, 5) is 23.3. The van der Waals surface area contributed by atoms with Gasteiger partial charge in [0.05, 0.1) is 34.2 Å². The molecule has 9 rings (SSSR count). The highest BCUT2D eigenvalue weighted by molar-refractivity contribution is 7.89.